The SMILES string of the molecule is Oc1ccc([C@@H](c2cccs2)N2CCNCC2)cc1Br. The van der Waals surface area contributed by atoms with Gasteiger partial charge in [-0.1, -0.05) is 12.1 Å². The number of benzene rings is 1. The molecule has 20 heavy (non-hydrogen) atoms. The number of hydrogen-bond acceptors (Lipinski definition) is 4. The molecule has 3 nitrogen and oxygen atoms in total. The Morgan fingerprint density at radius 2 is 2.05 bits per heavy atom. The Kier molecular flexibility index (Phi) is 4.41. The summed E-state index contributed by atoms with van der Waals surface area (Å²) in [7, 11) is 0. The summed E-state index contributed by atoms with van der Waals surface area (Å²) < 4.78 is 0.756. The lowest BCUT2D eigenvalue weighted by Crippen LogP contribution is -2.45. The Bertz CT molecular complexity index is 567. The van der Waals surface area contributed by atoms with Crippen molar-refractivity contribution in [1.82, 2.24) is 10.2 Å². The van der Waals surface area contributed by atoms with E-state index in [-0.39, 0.29) is 6.04 Å². The van der Waals surface area contributed by atoms with Crippen LogP contribution in [0.3, 0.4) is 0 Å². The van der Waals surface area contributed by atoms with Crippen LogP contribution in [0, 0.1) is 0 Å². The number of thiophene rings is 1. The highest BCUT2D eigenvalue weighted by molar-refractivity contribution is 9.10. The zero-order valence-electron chi connectivity index (χ0n) is 11.1. The molecule has 1 aliphatic heterocycles. The Morgan fingerprint density at radius 3 is 2.70 bits per heavy atom. The van der Waals surface area contributed by atoms with Crippen LogP contribution in [0.1, 0.15) is 16.5 Å². The zero-order chi connectivity index (χ0) is 13.9. The van der Waals surface area contributed by atoms with Gasteiger partial charge in [0.15, 0.2) is 0 Å². The molecule has 106 valence electrons. The molecule has 1 fully saturated rings. The second kappa shape index (κ2) is 6.26. The first-order chi connectivity index (χ1) is 9.75. The highest BCUT2D eigenvalue weighted by atomic mass is 79.9. The molecule has 1 aliphatic rings. The minimum atomic E-state index is 0.272. The number of rotatable bonds is 3. The second-order valence-corrected chi connectivity index (χ2v) is 6.75. The van der Waals surface area contributed by atoms with Crippen LogP contribution in [-0.4, -0.2) is 36.2 Å². The molecule has 2 N–H and O–H groups in total. The molecule has 3 rings (SSSR count). The highest BCUT2D eigenvalue weighted by Gasteiger charge is 2.25. The first-order valence-electron chi connectivity index (χ1n) is 6.72. The van der Waals surface area contributed by atoms with Crippen LogP contribution in [0.4, 0.5) is 0 Å². The lowest BCUT2D eigenvalue weighted by molar-refractivity contribution is 0.200. The van der Waals surface area contributed by atoms with E-state index in [0.29, 0.717) is 5.75 Å². The summed E-state index contributed by atoms with van der Waals surface area (Å²) in [6, 6.07) is 10.4. The average molecular weight is 353 g/mol. The van der Waals surface area contributed by atoms with E-state index in [9.17, 15) is 5.11 Å². The molecule has 0 saturated carbocycles. The topological polar surface area (TPSA) is 35.5 Å². The van der Waals surface area contributed by atoms with Gasteiger partial charge in [-0.3, -0.25) is 4.90 Å². The van der Waals surface area contributed by atoms with E-state index >= 15 is 0 Å². The molecule has 0 aliphatic carbocycles. The van der Waals surface area contributed by atoms with E-state index in [0.717, 1.165) is 30.7 Å². The van der Waals surface area contributed by atoms with Gasteiger partial charge >= 0.3 is 0 Å². The summed E-state index contributed by atoms with van der Waals surface area (Å²) >= 11 is 5.21. The third kappa shape index (κ3) is 2.91. The molecule has 1 aromatic heterocycles. The van der Waals surface area contributed by atoms with Crippen LogP contribution in [0.15, 0.2) is 40.2 Å². The third-order valence-electron chi connectivity index (χ3n) is 3.62. The standard InChI is InChI=1S/C15H17BrN2OS/c16-12-10-11(3-4-13(12)19)15(14-2-1-9-20-14)18-7-5-17-6-8-18/h1-4,9-10,15,17,19H,5-8H2/t15-/m0/s1. The van der Waals surface area contributed by atoms with E-state index in [1.54, 1.807) is 17.4 Å². The van der Waals surface area contributed by atoms with E-state index < -0.39 is 0 Å². The van der Waals surface area contributed by atoms with Crippen LogP contribution in [0.2, 0.25) is 0 Å². The Balaban J connectivity index is 1.98. The second-order valence-electron chi connectivity index (χ2n) is 4.91. The van der Waals surface area contributed by atoms with Crippen LogP contribution in [-0.2, 0) is 0 Å². The predicted octanol–water partition coefficient (Wildman–Crippen LogP) is 3.21. The fourth-order valence-corrected chi connectivity index (χ4v) is 3.92. The molecule has 2 aromatic rings. The summed E-state index contributed by atoms with van der Waals surface area (Å²) in [5.74, 6) is 0.291. The summed E-state index contributed by atoms with van der Waals surface area (Å²) in [5.41, 5.74) is 1.22. The van der Waals surface area contributed by atoms with Gasteiger partial charge in [0, 0.05) is 31.1 Å². The quantitative estimate of drug-likeness (QED) is 0.890. The molecular formula is C15H17BrN2OS. The van der Waals surface area contributed by atoms with E-state index in [1.807, 2.05) is 12.1 Å². The zero-order valence-corrected chi connectivity index (χ0v) is 13.5. The number of phenolic OH excluding ortho intramolecular Hbond substituents is 1. The van der Waals surface area contributed by atoms with Gasteiger partial charge in [0.25, 0.3) is 0 Å². The van der Waals surface area contributed by atoms with Crippen molar-refractivity contribution in [3.05, 3.63) is 50.6 Å². The first-order valence-corrected chi connectivity index (χ1v) is 8.39. The van der Waals surface area contributed by atoms with Gasteiger partial charge < -0.3 is 10.4 Å². The Labute approximate surface area is 131 Å². The van der Waals surface area contributed by atoms with Crippen molar-refractivity contribution < 1.29 is 5.11 Å². The van der Waals surface area contributed by atoms with E-state index in [4.69, 9.17) is 0 Å². The van der Waals surface area contributed by atoms with Gasteiger partial charge in [0.2, 0.25) is 0 Å². The fourth-order valence-electron chi connectivity index (χ4n) is 2.64. The van der Waals surface area contributed by atoms with Crippen LogP contribution < -0.4 is 5.32 Å². The Hall–Kier alpha value is -0.880. The maximum absolute atomic E-state index is 9.70. The third-order valence-corrected chi connectivity index (χ3v) is 5.18. The number of aromatic hydroxyl groups is 1. The largest absolute Gasteiger partial charge is 0.507 e. The molecule has 5 heteroatoms. The van der Waals surface area contributed by atoms with Gasteiger partial charge in [0.05, 0.1) is 10.5 Å². The summed E-state index contributed by atoms with van der Waals surface area (Å²) in [4.78, 5) is 3.85. The molecule has 1 aromatic carbocycles. The average Bonchev–Trinajstić information content (AvgIpc) is 2.98. The number of halogens is 1. The van der Waals surface area contributed by atoms with Crippen molar-refractivity contribution in [2.24, 2.45) is 0 Å². The maximum Gasteiger partial charge on any atom is 0.129 e. The summed E-state index contributed by atoms with van der Waals surface area (Å²) in [6.45, 7) is 4.14. The molecule has 1 saturated heterocycles. The maximum atomic E-state index is 9.70. The molecule has 0 spiro atoms. The fraction of sp³-hybridized carbons (Fsp3) is 0.333. The van der Waals surface area contributed by atoms with Gasteiger partial charge in [-0.05, 0) is 45.1 Å². The number of nitrogens with one attached hydrogen (secondary N) is 1. The normalized spacial score (nSPS) is 18.1. The summed E-state index contributed by atoms with van der Waals surface area (Å²) in [6.07, 6.45) is 0. The van der Waals surface area contributed by atoms with Gasteiger partial charge in [-0.2, -0.15) is 0 Å². The van der Waals surface area contributed by atoms with Crippen LogP contribution >= 0.6 is 27.3 Å². The molecule has 0 unspecified atom stereocenters. The minimum absolute atomic E-state index is 0.272. The van der Waals surface area contributed by atoms with Gasteiger partial charge in [-0.25, -0.2) is 0 Å². The highest BCUT2D eigenvalue weighted by Crippen LogP contribution is 2.35. The van der Waals surface area contributed by atoms with Crippen molar-refractivity contribution in [2.45, 2.75) is 6.04 Å². The summed E-state index contributed by atoms with van der Waals surface area (Å²) in [5, 5.41) is 15.2. The lowest BCUT2D eigenvalue weighted by atomic mass is 10.0. The number of hydrogen-bond donors (Lipinski definition) is 2. The number of phenols is 1. The van der Waals surface area contributed by atoms with Crippen molar-refractivity contribution in [1.29, 1.82) is 0 Å². The van der Waals surface area contributed by atoms with Crippen LogP contribution in [0.25, 0.3) is 0 Å². The van der Waals surface area contributed by atoms with Gasteiger partial charge in [-0.15, -0.1) is 11.3 Å². The van der Waals surface area contributed by atoms with E-state index in [2.05, 4.69) is 43.7 Å². The molecule has 0 bridgehead atoms. The smallest absolute Gasteiger partial charge is 0.129 e. The van der Waals surface area contributed by atoms with E-state index in [1.165, 1.54) is 10.4 Å². The van der Waals surface area contributed by atoms with Crippen molar-refractivity contribution in [3.8, 4) is 5.75 Å². The van der Waals surface area contributed by atoms with Crippen LogP contribution in [0.5, 0.6) is 5.75 Å². The number of piperazine rings is 1. The van der Waals surface area contributed by atoms with Crippen molar-refractivity contribution in [2.75, 3.05) is 26.2 Å². The minimum Gasteiger partial charge on any atom is -0.507 e. The molecule has 2 heterocycles. The molecular weight excluding hydrogens is 336 g/mol. The lowest BCUT2D eigenvalue weighted by Gasteiger charge is -2.34. The Morgan fingerprint density at radius 1 is 1.25 bits per heavy atom. The van der Waals surface area contributed by atoms with Gasteiger partial charge in [0.1, 0.15) is 5.75 Å². The van der Waals surface area contributed by atoms with Crippen molar-refractivity contribution in [3.63, 3.8) is 0 Å². The van der Waals surface area contributed by atoms with Crippen molar-refractivity contribution >= 4 is 27.3 Å². The first kappa shape index (κ1) is 14.1. The molecule has 0 radical (unpaired) electrons. The molecule has 1 atom stereocenters. The predicted molar refractivity (Wildman–Crippen MR) is 86.4 cm³/mol. The number of nitrogens with zero attached hydrogens (tertiary/aromatic N) is 1. The monoisotopic (exact) mass is 352 g/mol. The molecule has 0 amide bonds.